The fourth-order valence-electron chi connectivity index (χ4n) is 2.66. The van der Waals surface area contributed by atoms with Crippen LogP contribution in [0.2, 0.25) is 0 Å². The van der Waals surface area contributed by atoms with E-state index in [0.717, 1.165) is 24.3 Å². The molecule has 130 valence electrons. The molecule has 0 amide bonds. The molecule has 0 saturated carbocycles. The number of nitrogens with one attached hydrogen (secondary N) is 2. The molecule has 1 heterocycles. The Morgan fingerprint density at radius 2 is 2.13 bits per heavy atom. The van der Waals surface area contributed by atoms with E-state index in [9.17, 15) is 0 Å². The molecule has 1 unspecified atom stereocenters. The molecule has 23 heavy (non-hydrogen) atoms. The summed E-state index contributed by atoms with van der Waals surface area (Å²) in [5, 5.41) is 7.61. The van der Waals surface area contributed by atoms with Gasteiger partial charge in [-0.05, 0) is 42.7 Å². The average Bonchev–Trinajstić information content (AvgIpc) is 3.01. The molecular weight excluding hydrogens is 419 g/mol. The van der Waals surface area contributed by atoms with Crippen molar-refractivity contribution in [2.45, 2.75) is 31.6 Å². The van der Waals surface area contributed by atoms with E-state index in [2.05, 4.69) is 71.5 Å². The van der Waals surface area contributed by atoms with Crippen LogP contribution in [0.15, 0.2) is 23.2 Å². The van der Waals surface area contributed by atoms with Crippen molar-refractivity contribution in [3.05, 3.63) is 29.3 Å². The van der Waals surface area contributed by atoms with Gasteiger partial charge < -0.3 is 15.5 Å². The summed E-state index contributed by atoms with van der Waals surface area (Å²) in [7, 11) is 6.00. The minimum absolute atomic E-state index is 0. The highest BCUT2D eigenvalue weighted by atomic mass is 127. The highest BCUT2D eigenvalue weighted by Gasteiger charge is 2.15. The van der Waals surface area contributed by atoms with Gasteiger partial charge in [0.1, 0.15) is 0 Å². The fraction of sp³-hybridized carbons (Fsp3) is 0.588. The summed E-state index contributed by atoms with van der Waals surface area (Å²) < 4.78 is 0. The number of halogens is 1. The molecule has 6 heteroatoms. The van der Waals surface area contributed by atoms with Gasteiger partial charge in [-0.1, -0.05) is 12.1 Å². The number of aliphatic imine (C=N–C) groups is 1. The summed E-state index contributed by atoms with van der Waals surface area (Å²) >= 11 is 2.07. The predicted octanol–water partition coefficient (Wildman–Crippen LogP) is 3.24. The van der Waals surface area contributed by atoms with Gasteiger partial charge in [-0.3, -0.25) is 4.99 Å². The maximum Gasteiger partial charge on any atom is 0.191 e. The molecule has 1 atom stereocenters. The molecule has 1 aliphatic rings. The number of rotatable bonds is 5. The van der Waals surface area contributed by atoms with Crippen LogP contribution >= 0.6 is 35.7 Å². The zero-order valence-corrected chi connectivity index (χ0v) is 17.7. The number of benzene rings is 1. The summed E-state index contributed by atoms with van der Waals surface area (Å²) in [6.45, 7) is 3.91. The molecular formula is C17H29IN4S. The second-order valence-electron chi connectivity index (χ2n) is 5.97. The maximum absolute atomic E-state index is 4.33. The third-order valence-corrected chi connectivity index (χ3v) is 5.31. The molecule has 2 rings (SSSR count). The van der Waals surface area contributed by atoms with Crippen LogP contribution in [0.1, 0.15) is 24.0 Å². The lowest BCUT2D eigenvalue weighted by molar-refractivity contribution is 0.726. The zero-order chi connectivity index (χ0) is 15.9. The Hall–Kier alpha value is -0.630. The minimum Gasteiger partial charge on any atom is -0.377 e. The van der Waals surface area contributed by atoms with Crippen molar-refractivity contribution in [1.82, 2.24) is 10.6 Å². The van der Waals surface area contributed by atoms with Crippen molar-refractivity contribution < 1.29 is 0 Å². The number of anilines is 1. The predicted molar refractivity (Wildman–Crippen MR) is 115 cm³/mol. The fourth-order valence-corrected chi connectivity index (χ4v) is 3.86. The molecule has 0 aromatic heterocycles. The van der Waals surface area contributed by atoms with Crippen molar-refractivity contribution in [3.8, 4) is 0 Å². The summed E-state index contributed by atoms with van der Waals surface area (Å²) in [5.74, 6) is 2.19. The Kier molecular flexibility index (Phi) is 9.12. The topological polar surface area (TPSA) is 39.7 Å². The smallest absolute Gasteiger partial charge is 0.191 e. The van der Waals surface area contributed by atoms with Crippen LogP contribution in [0, 0.1) is 6.92 Å². The van der Waals surface area contributed by atoms with E-state index in [-0.39, 0.29) is 24.0 Å². The highest BCUT2D eigenvalue weighted by Crippen LogP contribution is 2.25. The number of guanidine groups is 1. The second kappa shape index (κ2) is 10.3. The van der Waals surface area contributed by atoms with E-state index in [4.69, 9.17) is 0 Å². The molecule has 0 radical (unpaired) electrons. The van der Waals surface area contributed by atoms with Gasteiger partial charge in [-0.25, -0.2) is 0 Å². The number of hydrogen-bond acceptors (Lipinski definition) is 3. The van der Waals surface area contributed by atoms with E-state index < -0.39 is 0 Å². The van der Waals surface area contributed by atoms with Gasteiger partial charge in [0.05, 0.1) is 0 Å². The summed E-state index contributed by atoms with van der Waals surface area (Å²) in [5.41, 5.74) is 3.83. The third-order valence-electron chi connectivity index (χ3n) is 3.91. The van der Waals surface area contributed by atoms with Crippen LogP contribution in [0.25, 0.3) is 0 Å². The lowest BCUT2D eigenvalue weighted by Gasteiger charge is -2.20. The number of hydrogen-bond donors (Lipinski definition) is 2. The normalized spacial score (nSPS) is 17.6. The molecule has 1 aromatic rings. The molecule has 0 spiro atoms. The highest BCUT2D eigenvalue weighted by molar-refractivity contribution is 14.0. The molecule has 0 aliphatic carbocycles. The quantitative estimate of drug-likeness (QED) is 0.412. The van der Waals surface area contributed by atoms with Crippen LogP contribution in [0.5, 0.6) is 0 Å². The van der Waals surface area contributed by atoms with E-state index in [1.54, 1.807) is 0 Å². The van der Waals surface area contributed by atoms with Crippen LogP contribution in [-0.2, 0) is 6.54 Å². The molecule has 1 saturated heterocycles. The van der Waals surface area contributed by atoms with Gasteiger partial charge in [0, 0.05) is 45.2 Å². The Balaban J connectivity index is 0.00000264. The Morgan fingerprint density at radius 1 is 1.35 bits per heavy atom. The largest absolute Gasteiger partial charge is 0.377 e. The van der Waals surface area contributed by atoms with Gasteiger partial charge in [0.2, 0.25) is 0 Å². The average molecular weight is 448 g/mol. The standard InChI is InChI=1S/C17H28N4S.HI/c1-13-7-8-14(16(10-13)21(3)4)11-19-17(18-2)20-12-15-6-5-9-22-15;/h7-8,10,15H,5-6,9,11-12H2,1-4H3,(H2,18,19,20);1H. The lowest BCUT2D eigenvalue weighted by Crippen LogP contribution is -2.39. The van der Waals surface area contributed by atoms with E-state index in [1.165, 1.54) is 35.4 Å². The third kappa shape index (κ3) is 6.41. The van der Waals surface area contributed by atoms with Crippen molar-refractivity contribution in [2.24, 2.45) is 4.99 Å². The number of nitrogens with zero attached hydrogens (tertiary/aromatic N) is 2. The summed E-state index contributed by atoms with van der Waals surface area (Å²) in [6, 6.07) is 6.58. The first-order valence-corrected chi connectivity index (χ1v) is 8.98. The van der Waals surface area contributed by atoms with Crippen molar-refractivity contribution >= 4 is 47.4 Å². The van der Waals surface area contributed by atoms with Crippen molar-refractivity contribution in [2.75, 3.05) is 38.3 Å². The van der Waals surface area contributed by atoms with Gasteiger partial charge >= 0.3 is 0 Å². The molecule has 0 bridgehead atoms. The Labute approximate surface area is 161 Å². The molecule has 1 fully saturated rings. The van der Waals surface area contributed by atoms with Crippen LogP contribution in [0.4, 0.5) is 5.69 Å². The Bertz CT molecular complexity index is 513. The first kappa shape index (κ1) is 20.4. The maximum atomic E-state index is 4.33. The summed E-state index contributed by atoms with van der Waals surface area (Å²) in [4.78, 5) is 6.49. The summed E-state index contributed by atoms with van der Waals surface area (Å²) in [6.07, 6.45) is 2.66. The molecule has 2 N–H and O–H groups in total. The molecule has 4 nitrogen and oxygen atoms in total. The van der Waals surface area contributed by atoms with Crippen molar-refractivity contribution in [3.63, 3.8) is 0 Å². The molecule has 1 aromatic carbocycles. The second-order valence-corrected chi connectivity index (χ2v) is 7.38. The lowest BCUT2D eigenvalue weighted by atomic mass is 10.1. The zero-order valence-electron chi connectivity index (χ0n) is 14.6. The monoisotopic (exact) mass is 448 g/mol. The van der Waals surface area contributed by atoms with Gasteiger partial charge in [-0.15, -0.1) is 24.0 Å². The van der Waals surface area contributed by atoms with E-state index in [0.29, 0.717) is 0 Å². The first-order chi connectivity index (χ1) is 10.6. The molecule has 1 aliphatic heterocycles. The van der Waals surface area contributed by atoms with Gasteiger partial charge in [0.15, 0.2) is 5.96 Å². The van der Waals surface area contributed by atoms with E-state index in [1.807, 2.05) is 7.05 Å². The first-order valence-electron chi connectivity index (χ1n) is 7.93. The van der Waals surface area contributed by atoms with Crippen molar-refractivity contribution in [1.29, 1.82) is 0 Å². The van der Waals surface area contributed by atoms with Crippen LogP contribution in [-0.4, -0.2) is 44.7 Å². The van der Waals surface area contributed by atoms with Crippen LogP contribution in [0.3, 0.4) is 0 Å². The van der Waals surface area contributed by atoms with E-state index >= 15 is 0 Å². The van der Waals surface area contributed by atoms with Gasteiger partial charge in [0.25, 0.3) is 0 Å². The van der Waals surface area contributed by atoms with Crippen LogP contribution < -0.4 is 15.5 Å². The minimum atomic E-state index is 0. The van der Waals surface area contributed by atoms with Gasteiger partial charge in [-0.2, -0.15) is 11.8 Å². The SMILES string of the molecule is CN=C(NCc1ccc(C)cc1N(C)C)NCC1CCCS1.I. The number of aryl methyl sites for hydroxylation is 1. The Morgan fingerprint density at radius 3 is 2.74 bits per heavy atom. The number of thioether (sulfide) groups is 1.